The number of tetrazole rings is 1. The summed E-state index contributed by atoms with van der Waals surface area (Å²) in [6.45, 7) is 0.701. The Bertz CT molecular complexity index is 1060. The van der Waals surface area contributed by atoms with Gasteiger partial charge in [-0.15, -0.1) is 5.10 Å². The summed E-state index contributed by atoms with van der Waals surface area (Å²) in [6, 6.07) is 12.8. The number of hydrogen-bond acceptors (Lipinski definition) is 7. The Morgan fingerprint density at radius 3 is 2.74 bits per heavy atom. The molecule has 0 aliphatic carbocycles. The summed E-state index contributed by atoms with van der Waals surface area (Å²) in [6.07, 6.45) is 1.81. The lowest BCUT2D eigenvalue weighted by Crippen LogP contribution is -2.32. The van der Waals surface area contributed by atoms with E-state index in [2.05, 4.69) is 15.5 Å². The van der Waals surface area contributed by atoms with E-state index in [0.29, 0.717) is 16.7 Å². The largest absolute Gasteiger partial charge is 0.497 e. The van der Waals surface area contributed by atoms with Crippen molar-refractivity contribution in [1.82, 2.24) is 25.1 Å². The van der Waals surface area contributed by atoms with E-state index in [1.165, 1.54) is 11.8 Å². The lowest BCUT2D eigenvalue weighted by Gasteiger charge is -2.26. The predicted molar refractivity (Wildman–Crippen MR) is 118 cm³/mol. The first-order valence-corrected chi connectivity index (χ1v) is 11.2. The van der Waals surface area contributed by atoms with Gasteiger partial charge in [0.25, 0.3) is 0 Å². The van der Waals surface area contributed by atoms with Gasteiger partial charge in [-0.1, -0.05) is 23.4 Å². The zero-order chi connectivity index (χ0) is 21.8. The van der Waals surface area contributed by atoms with Crippen molar-refractivity contribution in [3.63, 3.8) is 0 Å². The molecule has 1 aliphatic rings. The molecule has 0 N–H and O–H groups in total. The van der Waals surface area contributed by atoms with Gasteiger partial charge in [-0.25, -0.2) is 0 Å². The van der Waals surface area contributed by atoms with Crippen LogP contribution in [0.4, 0.5) is 0 Å². The summed E-state index contributed by atoms with van der Waals surface area (Å²) in [5, 5.41) is 13.0. The molecule has 8 nitrogen and oxygen atoms in total. The standard InChI is InChI=1S/C21H22ClN5O3S/c1-29-16-9-10-19(30-2)17(12-16)18-4-3-11-26(18)20(28)13-31-21-23-24-25-27(21)15-7-5-14(22)6-8-15/h5-10,12,18H,3-4,11,13H2,1-2H3. The van der Waals surface area contributed by atoms with Gasteiger partial charge in [-0.05, 0) is 65.7 Å². The number of halogens is 1. The van der Waals surface area contributed by atoms with Gasteiger partial charge in [0.1, 0.15) is 11.5 Å². The Hall–Kier alpha value is -2.78. The van der Waals surface area contributed by atoms with Crippen LogP contribution in [0.5, 0.6) is 11.5 Å². The lowest BCUT2D eigenvalue weighted by molar-refractivity contribution is -0.129. The SMILES string of the molecule is COc1ccc(OC)c(C2CCCN2C(=O)CSc2nnnn2-c2ccc(Cl)cc2)c1. The van der Waals surface area contributed by atoms with Crippen LogP contribution < -0.4 is 9.47 Å². The molecule has 1 amide bonds. The molecule has 162 valence electrons. The average molecular weight is 460 g/mol. The van der Waals surface area contributed by atoms with Gasteiger partial charge in [0, 0.05) is 17.1 Å². The van der Waals surface area contributed by atoms with Gasteiger partial charge in [0.2, 0.25) is 11.1 Å². The maximum atomic E-state index is 13.1. The summed E-state index contributed by atoms with van der Waals surface area (Å²) in [4.78, 5) is 15.0. The molecule has 10 heteroatoms. The van der Waals surface area contributed by atoms with Gasteiger partial charge in [-0.2, -0.15) is 4.68 Å². The zero-order valence-electron chi connectivity index (χ0n) is 17.2. The number of carbonyl (C=O) groups is 1. The fourth-order valence-corrected chi connectivity index (χ4v) is 4.61. The number of methoxy groups -OCH3 is 2. The molecule has 4 rings (SSSR count). The molecule has 2 aromatic carbocycles. The quantitative estimate of drug-likeness (QED) is 0.497. The van der Waals surface area contributed by atoms with Crippen LogP contribution in [0, 0.1) is 0 Å². The molecule has 0 radical (unpaired) electrons. The molecule has 3 aromatic rings. The van der Waals surface area contributed by atoms with E-state index in [-0.39, 0.29) is 17.7 Å². The van der Waals surface area contributed by atoms with Crippen molar-refractivity contribution >= 4 is 29.3 Å². The smallest absolute Gasteiger partial charge is 0.233 e. The van der Waals surface area contributed by atoms with Crippen molar-refractivity contribution in [2.75, 3.05) is 26.5 Å². The first kappa shape index (κ1) is 21.5. The first-order chi connectivity index (χ1) is 15.1. The van der Waals surface area contributed by atoms with Crippen LogP contribution in [0.3, 0.4) is 0 Å². The summed E-state index contributed by atoms with van der Waals surface area (Å²) < 4.78 is 12.5. The van der Waals surface area contributed by atoms with Crippen LogP contribution in [0.15, 0.2) is 47.6 Å². The predicted octanol–water partition coefficient (Wildman–Crippen LogP) is 3.79. The number of benzene rings is 2. The second kappa shape index (κ2) is 9.57. The van der Waals surface area contributed by atoms with Crippen molar-refractivity contribution in [1.29, 1.82) is 0 Å². The highest BCUT2D eigenvalue weighted by atomic mass is 35.5. The minimum Gasteiger partial charge on any atom is -0.497 e. The molecule has 1 atom stereocenters. The summed E-state index contributed by atoms with van der Waals surface area (Å²) in [5.74, 6) is 1.76. The van der Waals surface area contributed by atoms with Crippen LogP contribution in [-0.4, -0.2) is 57.5 Å². The highest BCUT2D eigenvalue weighted by Gasteiger charge is 2.32. The number of aromatic nitrogens is 4. The van der Waals surface area contributed by atoms with E-state index >= 15 is 0 Å². The van der Waals surface area contributed by atoms with E-state index in [1.807, 2.05) is 35.2 Å². The van der Waals surface area contributed by atoms with Crippen molar-refractivity contribution in [3.8, 4) is 17.2 Å². The maximum absolute atomic E-state index is 13.1. The van der Waals surface area contributed by atoms with E-state index in [4.69, 9.17) is 21.1 Å². The first-order valence-electron chi connectivity index (χ1n) is 9.79. The monoisotopic (exact) mass is 459 g/mol. The number of ether oxygens (including phenoxy) is 2. The Balaban J connectivity index is 1.48. The second-order valence-electron chi connectivity index (χ2n) is 6.99. The minimum absolute atomic E-state index is 0.0306. The molecular formula is C21H22ClN5O3S. The van der Waals surface area contributed by atoms with Crippen LogP contribution >= 0.6 is 23.4 Å². The molecule has 1 fully saturated rings. The molecule has 2 heterocycles. The average Bonchev–Trinajstić information content (AvgIpc) is 3.47. The number of nitrogens with zero attached hydrogens (tertiary/aromatic N) is 5. The van der Waals surface area contributed by atoms with E-state index in [0.717, 1.165) is 35.6 Å². The molecule has 1 unspecified atom stereocenters. The van der Waals surface area contributed by atoms with Crippen LogP contribution in [0.2, 0.25) is 5.02 Å². The molecular weight excluding hydrogens is 438 g/mol. The van der Waals surface area contributed by atoms with Crippen LogP contribution in [-0.2, 0) is 4.79 Å². The zero-order valence-corrected chi connectivity index (χ0v) is 18.8. The Morgan fingerprint density at radius 2 is 2.00 bits per heavy atom. The van der Waals surface area contributed by atoms with Gasteiger partial charge in [0.05, 0.1) is 31.7 Å². The molecule has 1 saturated heterocycles. The molecule has 1 aliphatic heterocycles. The number of hydrogen-bond donors (Lipinski definition) is 0. The maximum Gasteiger partial charge on any atom is 0.233 e. The summed E-state index contributed by atoms with van der Waals surface area (Å²) in [7, 11) is 3.27. The molecule has 0 saturated carbocycles. The molecule has 0 spiro atoms. The van der Waals surface area contributed by atoms with Gasteiger partial charge in [-0.3, -0.25) is 4.79 Å². The second-order valence-corrected chi connectivity index (χ2v) is 8.37. The summed E-state index contributed by atoms with van der Waals surface area (Å²) in [5.41, 5.74) is 1.74. The van der Waals surface area contributed by atoms with E-state index in [1.54, 1.807) is 31.0 Å². The minimum atomic E-state index is -0.0505. The van der Waals surface area contributed by atoms with E-state index in [9.17, 15) is 4.79 Å². The molecule has 0 bridgehead atoms. The summed E-state index contributed by atoms with van der Waals surface area (Å²) >= 11 is 7.27. The highest BCUT2D eigenvalue weighted by Crippen LogP contribution is 2.39. The van der Waals surface area contributed by atoms with Gasteiger partial charge in [0.15, 0.2) is 0 Å². The fourth-order valence-electron chi connectivity index (χ4n) is 3.71. The van der Waals surface area contributed by atoms with Crippen LogP contribution in [0.1, 0.15) is 24.4 Å². The number of carbonyl (C=O) groups excluding carboxylic acids is 1. The molecule has 1 aromatic heterocycles. The third-order valence-electron chi connectivity index (χ3n) is 5.21. The van der Waals surface area contributed by atoms with Gasteiger partial charge >= 0.3 is 0 Å². The van der Waals surface area contributed by atoms with Crippen molar-refractivity contribution < 1.29 is 14.3 Å². The van der Waals surface area contributed by atoms with Crippen molar-refractivity contribution in [3.05, 3.63) is 53.1 Å². The third-order valence-corrected chi connectivity index (χ3v) is 6.36. The number of rotatable bonds is 7. The van der Waals surface area contributed by atoms with Crippen molar-refractivity contribution in [2.24, 2.45) is 0 Å². The number of thioether (sulfide) groups is 1. The normalized spacial score (nSPS) is 15.8. The van der Waals surface area contributed by atoms with E-state index < -0.39 is 0 Å². The number of amides is 1. The Labute approximate surface area is 189 Å². The topological polar surface area (TPSA) is 82.4 Å². The molecule has 31 heavy (non-hydrogen) atoms. The van der Waals surface area contributed by atoms with Gasteiger partial charge < -0.3 is 14.4 Å². The Morgan fingerprint density at radius 1 is 1.19 bits per heavy atom. The fraction of sp³-hybridized carbons (Fsp3) is 0.333. The number of likely N-dealkylation sites (tertiary alicyclic amines) is 1. The highest BCUT2D eigenvalue weighted by molar-refractivity contribution is 7.99. The van der Waals surface area contributed by atoms with Crippen LogP contribution in [0.25, 0.3) is 5.69 Å². The lowest BCUT2D eigenvalue weighted by atomic mass is 10.0. The Kier molecular flexibility index (Phi) is 6.62. The van der Waals surface area contributed by atoms with Crippen molar-refractivity contribution in [2.45, 2.75) is 24.0 Å². The third kappa shape index (κ3) is 4.62.